The molecule has 0 saturated carbocycles. The number of hydrogen-bond donors (Lipinski definition) is 1. The Labute approximate surface area is 151 Å². The van der Waals surface area contributed by atoms with Gasteiger partial charge in [-0.05, 0) is 49.7 Å². The van der Waals surface area contributed by atoms with E-state index in [0.717, 1.165) is 51.1 Å². The molecular formula is C17H27Cl2N3O. The van der Waals surface area contributed by atoms with Crippen molar-refractivity contribution in [2.24, 2.45) is 0 Å². The molecule has 23 heavy (non-hydrogen) atoms. The predicted molar refractivity (Wildman–Crippen MR) is 100 cm³/mol. The van der Waals surface area contributed by atoms with E-state index in [4.69, 9.17) is 0 Å². The molecule has 1 fully saturated rings. The van der Waals surface area contributed by atoms with Gasteiger partial charge >= 0.3 is 0 Å². The summed E-state index contributed by atoms with van der Waals surface area (Å²) < 4.78 is 0. The number of nitrogens with zero attached hydrogens (tertiary/aromatic N) is 2. The first-order valence-corrected chi connectivity index (χ1v) is 8.13. The van der Waals surface area contributed by atoms with Gasteiger partial charge in [-0.15, -0.1) is 24.8 Å². The van der Waals surface area contributed by atoms with Crippen LogP contribution in [0.1, 0.15) is 36.2 Å². The van der Waals surface area contributed by atoms with Crippen molar-refractivity contribution in [2.75, 3.05) is 38.0 Å². The van der Waals surface area contributed by atoms with Crippen molar-refractivity contribution in [1.29, 1.82) is 0 Å². The SMILES string of the molecule is CCN(CC)C1CCN(C(=O)c2ccc3c(c2)CCN3)C1.Cl.Cl. The summed E-state index contributed by atoms with van der Waals surface area (Å²) in [6.07, 6.45) is 2.12. The summed E-state index contributed by atoms with van der Waals surface area (Å²) in [4.78, 5) is 17.2. The van der Waals surface area contributed by atoms with Crippen molar-refractivity contribution in [1.82, 2.24) is 9.80 Å². The number of amides is 1. The van der Waals surface area contributed by atoms with Gasteiger partial charge in [0.05, 0.1) is 0 Å². The number of likely N-dealkylation sites (tertiary alicyclic amines) is 1. The lowest BCUT2D eigenvalue weighted by atomic mass is 10.1. The molecule has 0 aromatic heterocycles. The first-order chi connectivity index (χ1) is 10.2. The maximum atomic E-state index is 12.7. The Morgan fingerprint density at radius 2 is 2.04 bits per heavy atom. The number of halogens is 2. The summed E-state index contributed by atoms with van der Waals surface area (Å²) in [5.41, 5.74) is 3.31. The van der Waals surface area contributed by atoms with E-state index >= 15 is 0 Å². The topological polar surface area (TPSA) is 35.6 Å². The molecule has 1 aromatic carbocycles. The Kier molecular flexibility index (Phi) is 7.65. The number of fused-ring (bicyclic) bond motifs is 1. The number of carbonyl (C=O) groups excluding carboxylic acids is 1. The molecule has 130 valence electrons. The van der Waals surface area contributed by atoms with Gasteiger partial charge in [-0.25, -0.2) is 0 Å². The van der Waals surface area contributed by atoms with Crippen LogP contribution in [0.5, 0.6) is 0 Å². The van der Waals surface area contributed by atoms with Crippen LogP contribution in [0.3, 0.4) is 0 Å². The molecule has 1 saturated heterocycles. The largest absolute Gasteiger partial charge is 0.384 e. The molecule has 6 heteroatoms. The molecule has 0 spiro atoms. The Hall–Kier alpha value is -0.970. The molecule has 1 unspecified atom stereocenters. The van der Waals surface area contributed by atoms with Crippen LogP contribution in [0.15, 0.2) is 18.2 Å². The van der Waals surface area contributed by atoms with Crippen LogP contribution >= 0.6 is 24.8 Å². The van der Waals surface area contributed by atoms with Crippen LogP contribution in [0.25, 0.3) is 0 Å². The quantitative estimate of drug-likeness (QED) is 0.897. The summed E-state index contributed by atoms with van der Waals surface area (Å²) in [5, 5.41) is 3.34. The van der Waals surface area contributed by atoms with E-state index in [2.05, 4.69) is 30.1 Å². The molecule has 0 bridgehead atoms. The van der Waals surface area contributed by atoms with Crippen LogP contribution in [0.4, 0.5) is 5.69 Å². The number of nitrogens with one attached hydrogen (secondary N) is 1. The molecule has 2 aliphatic rings. The molecule has 2 aliphatic heterocycles. The second kappa shape index (κ2) is 8.76. The van der Waals surface area contributed by atoms with Crippen molar-refractivity contribution >= 4 is 36.4 Å². The minimum Gasteiger partial charge on any atom is -0.384 e. The van der Waals surface area contributed by atoms with Crippen LogP contribution in [0.2, 0.25) is 0 Å². The summed E-state index contributed by atoms with van der Waals surface area (Å²) in [7, 11) is 0. The van der Waals surface area contributed by atoms with E-state index in [0.29, 0.717) is 6.04 Å². The molecule has 1 amide bonds. The predicted octanol–water partition coefficient (Wildman–Crippen LogP) is 3.05. The van der Waals surface area contributed by atoms with E-state index in [1.807, 2.05) is 17.0 Å². The van der Waals surface area contributed by atoms with E-state index in [9.17, 15) is 4.79 Å². The Morgan fingerprint density at radius 3 is 2.74 bits per heavy atom. The zero-order chi connectivity index (χ0) is 14.8. The normalized spacial score (nSPS) is 18.9. The van der Waals surface area contributed by atoms with Crippen molar-refractivity contribution in [3.63, 3.8) is 0 Å². The number of anilines is 1. The van der Waals surface area contributed by atoms with Crippen LogP contribution in [0, 0.1) is 0 Å². The van der Waals surface area contributed by atoms with Gasteiger partial charge in [0.1, 0.15) is 0 Å². The lowest BCUT2D eigenvalue weighted by Gasteiger charge is -2.26. The minimum atomic E-state index is 0. The fraction of sp³-hybridized carbons (Fsp3) is 0.588. The van der Waals surface area contributed by atoms with Crippen molar-refractivity contribution < 1.29 is 4.79 Å². The fourth-order valence-electron chi connectivity index (χ4n) is 3.58. The highest BCUT2D eigenvalue weighted by Crippen LogP contribution is 2.25. The highest BCUT2D eigenvalue weighted by atomic mass is 35.5. The molecule has 2 heterocycles. The lowest BCUT2D eigenvalue weighted by molar-refractivity contribution is 0.0778. The van der Waals surface area contributed by atoms with Crippen molar-refractivity contribution in [3.8, 4) is 0 Å². The first-order valence-electron chi connectivity index (χ1n) is 8.13. The van der Waals surface area contributed by atoms with E-state index in [1.165, 1.54) is 11.3 Å². The molecule has 3 rings (SSSR count). The molecule has 4 nitrogen and oxygen atoms in total. The molecule has 0 radical (unpaired) electrons. The summed E-state index contributed by atoms with van der Waals surface area (Å²) >= 11 is 0. The summed E-state index contributed by atoms with van der Waals surface area (Å²) in [6.45, 7) is 9.26. The van der Waals surface area contributed by atoms with Gasteiger partial charge in [-0.1, -0.05) is 13.8 Å². The number of carbonyl (C=O) groups is 1. The third-order valence-corrected chi connectivity index (χ3v) is 4.84. The number of rotatable bonds is 4. The van der Waals surface area contributed by atoms with Crippen LogP contribution in [-0.4, -0.2) is 54.5 Å². The average molecular weight is 360 g/mol. The van der Waals surface area contributed by atoms with Crippen LogP contribution < -0.4 is 5.32 Å². The van der Waals surface area contributed by atoms with Gasteiger partial charge < -0.3 is 10.2 Å². The van der Waals surface area contributed by atoms with Gasteiger partial charge in [0, 0.05) is 36.9 Å². The highest BCUT2D eigenvalue weighted by Gasteiger charge is 2.30. The molecule has 1 N–H and O–H groups in total. The smallest absolute Gasteiger partial charge is 0.253 e. The fourth-order valence-corrected chi connectivity index (χ4v) is 3.58. The number of benzene rings is 1. The van der Waals surface area contributed by atoms with Gasteiger partial charge in [0.15, 0.2) is 0 Å². The minimum absolute atomic E-state index is 0. The number of likely N-dealkylation sites (N-methyl/N-ethyl adjacent to an activating group) is 1. The van der Waals surface area contributed by atoms with E-state index in [1.54, 1.807) is 0 Å². The van der Waals surface area contributed by atoms with Crippen LogP contribution in [-0.2, 0) is 6.42 Å². The zero-order valence-corrected chi connectivity index (χ0v) is 15.5. The Balaban J connectivity index is 0.00000132. The lowest BCUT2D eigenvalue weighted by Crippen LogP contribution is -2.38. The maximum Gasteiger partial charge on any atom is 0.253 e. The summed E-state index contributed by atoms with van der Waals surface area (Å²) in [6, 6.07) is 6.61. The van der Waals surface area contributed by atoms with Gasteiger partial charge in [-0.3, -0.25) is 9.69 Å². The van der Waals surface area contributed by atoms with Gasteiger partial charge in [0.25, 0.3) is 5.91 Å². The first kappa shape index (κ1) is 20.1. The second-order valence-electron chi connectivity index (χ2n) is 5.96. The Morgan fingerprint density at radius 1 is 1.30 bits per heavy atom. The molecule has 1 atom stereocenters. The second-order valence-corrected chi connectivity index (χ2v) is 5.96. The summed E-state index contributed by atoms with van der Waals surface area (Å²) in [5.74, 6) is 0.194. The molecular weight excluding hydrogens is 333 g/mol. The third kappa shape index (κ3) is 4.11. The number of hydrogen-bond acceptors (Lipinski definition) is 3. The zero-order valence-electron chi connectivity index (χ0n) is 13.9. The standard InChI is InChI=1S/C17H25N3O.2ClH/c1-3-19(4-2)15-8-10-20(12-15)17(21)14-5-6-16-13(11-14)7-9-18-16;;/h5-6,11,15,18H,3-4,7-10,12H2,1-2H3;2*1H. The monoisotopic (exact) mass is 359 g/mol. The maximum absolute atomic E-state index is 12.7. The van der Waals surface area contributed by atoms with Crippen molar-refractivity contribution in [2.45, 2.75) is 32.7 Å². The van der Waals surface area contributed by atoms with E-state index < -0.39 is 0 Å². The van der Waals surface area contributed by atoms with Crippen molar-refractivity contribution in [3.05, 3.63) is 29.3 Å². The highest BCUT2D eigenvalue weighted by molar-refractivity contribution is 5.95. The van der Waals surface area contributed by atoms with Gasteiger partial charge in [0.2, 0.25) is 0 Å². The molecule has 0 aliphatic carbocycles. The molecule has 1 aromatic rings. The van der Waals surface area contributed by atoms with E-state index in [-0.39, 0.29) is 30.7 Å². The Bertz CT molecular complexity index is 535. The third-order valence-electron chi connectivity index (χ3n) is 4.84. The average Bonchev–Trinajstić information content (AvgIpc) is 3.16. The van der Waals surface area contributed by atoms with Gasteiger partial charge in [-0.2, -0.15) is 0 Å².